The monoisotopic (exact) mass is 284 g/mol. The van der Waals surface area contributed by atoms with Gasteiger partial charge in [0.1, 0.15) is 0 Å². The van der Waals surface area contributed by atoms with E-state index in [2.05, 4.69) is 0 Å². The molecule has 3 heteroatoms. The minimum atomic E-state index is -1.28. The Morgan fingerprint density at radius 3 is 2.35 bits per heavy atom. The first-order valence-corrected chi connectivity index (χ1v) is 7.68. The Balaban J connectivity index is 1.96. The third-order valence-corrected chi connectivity index (χ3v) is 4.16. The van der Waals surface area contributed by atoms with Crippen molar-refractivity contribution in [3.63, 3.8) is 0 Å². The summed E-state index contributed by atoms with van der Waals surface area (Å²) in [5.74, 6) is -0.111. The number of carbonyl (C=O) groups is 1. The van der Waals surface area contributed by atoms with Crippen LogP contribution in [-0.4, -0.2) is 15.7 Å². The molecule has 0 aromatic heterocycles. The van der Waals surface area contributed by atoms with Gasteiger partial charge in [0.15, 0.2) is 5.78 Å². The maximum Gasteiger partial charge on any atom is 0.168 e. The molecule has 0 unspecified atom stereocenters. The lowest BCUT2D eigenvalue weighted by Crippen LogP contribution is -2.07. The van der Waals surface area contributed by atoms with Crippen LogP contribution in [0.25, 0.3) is 6.08 Å². The SMILES string of the molecule is Cc1ccc([S@](=O)CC(=O)/C=C/c2ccccc2)cc1. The van der Waals surface area contributed by atoms with Gasteiger partial charge in [0.25, 0.3) is 0 Å². The predicted molar refractivity (Wildman–Crippen MR) is 82.9 cm³/mol. The van der Waals surface area contributed by atoms with E-state index in [1.807, 2.05) is 49.4 Å². The van der Waals surface area contributed by atoms with Gasteiger partial charge in [-0.05, 0) is 30.7 Å². The summed E-state index contributed by atoms with van der Waals surface area (Å²) in [6.45, 7) is 1.97. The van der Waals surface area contributed by atoms with Crippen molar-refractivity contribution in [2.75, 3.05) is 5.75 Å². The fourth-order valence-electron chi connectivity index (χ4n) is 1.70. The van der Waals surface area contributed by atoms with Crippen molar-refractivity contribution in [3.8, 4) is 0 Å². The van der Waals surface area contributed by atoms with Gasteiger partial charge >= 0.3 is 0 Å². The number of aryl methyl sites for hydroxylation is 1. The summed E-state index contributed by atoms with van der Waals surface area (Å²) in [6.07, 6.45) is 3.23. The zero-order valence-electron chi connectivity index (χ0n) is 11.3. The minimum absolute atomic E-state index is 0.0202. The number of ketones is 1. The number of hydrogen-bond donors (Lipinski definition) is 0. The second-order valence-electron chi connectivity index (χ2n) is 4.51. The predicted octanol–water partition coefficient (Wildman–Crippen LogP) is 3.39. The maximum atomic E-state index is 12.0. The van der Waals surface area contributed by atoms with E-state index in [9.17, 15) is 9.00 Å². The minimum Gasteiger partial charge on any atom is -0.294 e. The highest BCUT2D eigenvalue weighted by Crippen LogP contribution is 2.09. The van der Waals surface area contributed by atoms with E-state index in [4.69, 9.17) is 0 Å². The fraction of sp³-hybridized carbons (Fsp3) is 0.118. The summed E-state index contributed by atoms with van der Waals surface area (Å²) < 4.78 is 12.0. The summed E-state index contributed by atoms with van der Waals surface area (Å²) in [7, 11) is -1.28. The maximum absolute atomic E-state index is 12.0. The second-order valence-corrected chi connectivity index (χ2v) is 5.96. The summed E-state index contributed by atoms with van der Waals surface area (Å²) >= 11 is 0. The molecular weight excluding hydrogens is 268 g/mol. The largest absolute Gasteiger partial charge is 0.294 e. The molecule has 0 spiro atoms. The van der Waals surface area contributed by atoms with Crippen molar-refractivity contribution >= 4 is 22.7 Å². The summed E-state index contributed by atoms with van der Waals surface area (Å²) in [5.41, 5.74) is 2.07. The Hall–Kier alpha value is -2.00. The van der Waals surface area contributed by atoms with Crippen LogP contribution in [0.3, 0.4) is 0 Å². The zero-order chi connectivity index (χ0) is 14.4. The quantitative estimate of drug-likeness (QED) is 0.789. The molecular formula is C17H16O2S. The first-order chi connectivity index (χ1) is 9.65. The number of rotatable bonds is 5. The van der Waals surface area contributed by atoms with Crippen molar-refractivity contribution in [2.24, 2.45) is 0 Å². The summed E-state index contributed by atoms with van der Waals surface area (Å²) in [6, 6.07) is 17.0. The van der Waals surface area contributed by atoms with Crippen molar-refractivity contribution in [1.82, 2.24) is 0 Å². The number of hydrogen-bond acceptors (Lipinski definition) is 2. The third kappa shape index (κ3) is 4.28. The number of allylic oxidation sites excluding steroid dienone is 1. The second kappa shape index (κ2) is 6.96. The average molecular weight is 284 g/mol. The van der Waals surface area contributed by atoms with Crippen molar-refractivity contribution in [3.05, 3.63) is 71.8 Å². The van der Waals surface area contributed by atoms with Gasteiger partial charge in [-0.1, -0.05) is 54.1 Å². The first-order valence-electron chi connectivity index (χ1n) is 6.36. The Labute approximate surface area is 121 Å². The number of carbonyl (C=O) groups excluding carboxylic acids is 1. The Morgan fingerprint density at radius 1 is 1.05 bits per heavy atom. The topological polar surface area (TPSA) is 34.1 Å². The third-order valence-electron chi connectivity index (χ3n) is 2.82. The van der Waals surface area contributed by atoms with E-state index in [0.717, 1.165) is 11.1 Å². The smallest absolute Gasteiger partial charge is 0.168 e. The highest BCUT2D eigenvalue weighted by Gasteiger charge is 2.07. The van der Waals surface area contributed by atoms with Crippen LogP contribution in [-0.2, 0) is 15.6 Å². The molecule has 0 saturated carbocycles. The van der Waals surface area contributed by atoms with E-state index in [0.29, 0.717) is 4.90 Å². The number of benzene rings is 2. The van der Waals surface area contributed by atoms with Crippen LogP contribution in [0.2, 0.25) is 0 Å². The molecule has 20 heavy (non-hydrogen) atoms. The van der Waals surface area contributed by atoms with E-state index in [1.165, 1.54) is 6.08 Å². The van der Waals surface area contributed by atoms with Gasteiger partial charge in [-0.3, -0.25) is 9.00 Å². The van der Waals surface area contributed by atoms with Gasteiger partial charge in [-0.15, -0.1) is 0 Å². The van der Waals surface area contributed by atoms with Crippen LogP contribution >= 0.6 is 0 Å². The normalized spacial score (nSPS) is 12.4. The molecule has 0 radical (unpaired) electrons. The van der Waals surface area contributed by atoms with Gasteiger partial charge in [0, 0.05) is 4.90 Å². The molecule has 0 amide bonds. The molecule has 2 aromatic carbocycles. The summed E-state index contributed by atoms with van der Waals surface area (Å²) in [4.78, 5) is 12.5. The summed E-state index contributed by atoms with van der Waals surface area (Å²) in [5, 5.41) is 0. The van der Waals surface area contributed by atoms with Crippen LogP contribution in [0, 0.1) is 6.92 Å². The van der Waals surface area contributed by atoms with Crippen LogP contribution in [0.1, 0.15) is 11.1 Å². The lowest BCUT2D eigenvalue weighted by atomic mass is 10.2. The Bertz CT molecular complexity index is 628. The van der Waals surface area contributed by atoms with Crippen molar-refractivity contribution < 1.29 is 9.00 Å². The van der Waals surface area contributed by atoms with E-state index in [1.54, 1.807) is 18.2 Å². The van der Waals surface area contributed by atoms with Gasteiger partial charge in [0.2, 0.25) is 0 Å². The standard InChI is InChI=1S/C17H16O2S/c1-14-7-11-17(12-8-14)20(19)13-16(18)10-9-15-5-3-2-4-6-15/h2-12H,13H2,1H3/b10-9+/t20-/m1/s1. The molecule has 1 atom stereocenters. The van der Waals surface area contributed by atoms with E-state index in [-0.39, 0.29) is 11.5 Å². The van der Waals surface area contributed by atoms with Crippen LogP contribution in [0.4, 0.5) is 0 Å². The lowest BCUT2D eigenvalue weighted by molar-refractivity contribution is -0.112. The van der Waals surface area contributed by atoms with E-state index >= 15 is 0 Å². The van der Waals surface area contributed by atoms with Crippen LogP contribution in [0.5, 0.6) is 0 Å². The molecule has 0 saturated heterocycles. The fourth-order valence-corrected chi connectivity index (χ4v) is 2.66. The molecule has 0 aliphatic carbocycles. The van der Waals surface area contributed by atoms with E-state index < -0.39 is 10.8 Å². The molecule has 0 N–H and O–H groups in total. The molecule has 0 fully saturated rings. The highest BCUT2D eigenvalue weighted by molar-refractivity contribution is 7.85. The average Bonchev–Trinajstić information content (AvgIpc) is 2.47. The Kier molecular flexibility index (Phi) is 5.02. The zero-order valence-corrected chi connectivity index (χ0v) is 12.1. The van der Waals surface area contributed by atoms with Gasteiger partial charge in [0.05, 0.1) is 16.6 Å². The Morgan fingerprint density at radius 2 is 1.70 bits per heavy atom. The first kappa shape index (κ1) is 14.4. The molecule has 0 aliphatic heterocycles. The molecule has 2 aromatic rings. The molecule has 0 bridgehead atoms. The van der Waals surface area contributed by atoms with Gasteiger partial charge < -0.3 is 0 Å². The van der Waals surface area contributed by atoms with Crippen molar-refractivity contribution in [2.45, 2.75) is 11.8 Å². The van der Waals surface area contributed by atoms with Gasteiger partial charge in [-0.25, -0.2) is 0 Å². The molecule has 0 aliphatic rings. The lowest BCUT2D eigenvalue weighted by Gasteiger charge is -2.00. The van der Waals surface area contributed by atoms with Crippen molar-refractivity contribution in [1.29, 1.82) is 0 Å². The van der Waals surface area contributed by atoms with Crippen LogP contribution < -0.4 is 0 Å². The molecule has 2 rings (SSSR count). The van der Waals surface area contributed by atoms with Crippen LogP contribution in [0.15, 0.2) is 65.6 Å². The molecule has 2 nitrogen and oxygen atoms in total. The highest BCUT2D eigenvalue weighted by atomic mass is 32.2. The molecule has 102 valence electrons. The molecule has 0 heterocycles. The van der Waals surface area contributed by atoms with Gasteiger partial charge in [-0.2, -0.15) is 0 Å².